The first-order valence-electron chi connectivity index (χ1n) is 20.2. The lowest BCUT2D eigenvalue weighted by Gasteiger charge is -2.47. The Morgan fingerprint density at radius 3 is 2.74 bits per heavy atom. The zero-order valence-corrected chi connectivity index (χ0v) is 35.0. The normalized spacial score (nSPS) is 32.5. The van der Waals surface area contributed by atoms with E-state index in [4.69, 9.17) is 35.3 Å². The van der Waals surface area contributed by atoms with E-state index in [1.54, 1.807) is 20.2 Å². The summed E-state index contributed by atoms with van der Waals surface area (Å²) in [6.45, 7) is 6.28. The maximum atomic E-state index is 15.1. The summed E-state index contributed by atoms with van der Waals surface area (Å²) in [4.78, 5) is 30.6. The van der Waals surface area contributed by atoms with Crippen LogP contribution in [0.25, 0.3) is 0 Å². The number of nitrogens with one attached hydrogen (secondary N) is 1. The van der Waals surface area contributed by atoms with Crippen LogP contribution in [0.1, 0.15) is 84.2 Å². The first-order chi connectivity index (χ1) is 27.4. The molecule has 2 aliphatic carbocycles. The second-order valence-corrected chi connectivity index (χ2v) is 19.1. The van der Waals surface area contributed by atoms with Crippen molar-refractivity contribution in [3.05, 3.63) is 69.9 Å². The second-order valence-electron chi connectivity index (χ2n) is 16.6. The molecule has 15 heteroatoms. The molecule has 1 N–H and O–H groups in total. The van der Waals surface area contributed by atoms with E-state index in [9.17, 15) is 9.59 Å². The van der Waals surface area contributed by atoms with Crippen molar-refractivity contribution in [2.45, 2.75) is 82.7 Å². The standard InChI is InChI=1S/C42H54ClN5O8S/c1-6-54-37-19-29-18-36(52-4)31-12-9-28(31)20-48-23-42(15-7-8-26-16-30(43)11-13-33(26)42)24-55-35-14-10-27(17-34(35)48)39(49)45-57(51,22-25(2)38(29)56-37)46-40(50)32-21-47(3)44-41(32)53-5/h10-11,13-14,16-17,21,25,28-29,31,36-38H,6-9,12,15,18-20,22-24H2,1-5H3,(H,45,46,49,50,51)/t25-,28+,29+,31-,36+,37?,38-,42+,57+/m1/s1. The number of hydrogen-bond acceptors (Lipinski definition) is 10. The summed E-state index contributed by atoms with van der Waals surface area (Å²) in [7, 11) is 1.11. The molecule has 1 saturated carbocycles. The SMILES string of the molecule is CCOC1C[C@@H]2C[C@H](OC)[C@@H]3CC[C@H]3CN3C[C@@]4(CCCc5cc(Cl)ccc54)COc4ccc(cc43)C(=O)N=[S@](=O)(NC(=O)c3cn(C)nc3OC)C[C@@H](C)[C@H]2O1. The van der Waals surface area contributed by atoms with Crippen molar-refractivity contribution in [3.63, 3.8) is 0 Å². The largest absolute Gasteiger partial charge is 0.490 e. The quantitative estimate of drug-likeness (QED) is 0.299. The number of fused-ring (bicyclic) bond motifs is 5. The van der Waals surface area contributed by atoms with Crippen molar-refractivity contribution in [1.82, 2.24) is 14.5 Å². The molecular formula is C42H54ClN5O8S. The van der Waals surface area contributed by atoms with E-state index >= 15 is 4.21 Å². The van der Waals surface area contributed by atoms with Crippen LogP contribution in [0.15, 0.2) is 47.0 Å². The fourth-order valence-corrected chi connectivity index (χ4v) is 12.2. The van der Waals surface area contributed by atoms with Gasteiger partial charge in [0.25, 0.3) is 11.8 Å². The van der Waals surface area contributed by atoms with Gasteiger partial charge >= 0.3 is 0 Å². The molecule has 2 fully saturated rings. The number of carbonyl (C=O) groups is 2. The molecular weight excluding hydrogens is 770 g/mol. The second kappa shape index (κ2) is 16.2. The zero-order chi connectivity index (χ0) is 40.1. The fraction of sp³-hybridized carbons (Fsp3) is 0.595. The van der Waals surface area contributed by atoms with Crippen LogP contribution in [0, 0.1) is 23.7 Å². The van der Waals surface area contributed by atoms with E-state index in [-0.39, 0.29) is 52.2 Å². The highest BCUT2D eigenvalue weighted by Gasteiger charge is 2.47. The van der Waals surface area contributed by atoms with Gasteiger partial charge in [-0.05, 0) is 111 Å². The number of hydrogen-bond donors (Lipinski definition) is 1. The summed E-state index contributed by atoms with van der Waals surface area (Å²) in [6.07, 6.45) is 7.05. The summed E-state index contributed by atoms with van der Waals surface area (Å²) in [5.41, 5.74) is 3.34. The highest BCUT2D eigenvalue weighted by molar-refractivity contribution is 7.92. The van der Waals surface area contributed by atoms with Gasteiger partial charge in [0.2, 0.25) is 5.88 Å². The molecule has 13 nitrogen and oxygen atoms in total. The highest BCUT2D eigenvalue weighted by atomic mass is 35.5. The number of anilines is 1. The average Bonchev–Trinajstić information content (AvgIpc) is 3.72. The van der Waals surface area contributed by atoms with E-state index in [0.29, 0.717) is 43.8 Å². The summed E-state index contributed by atoms with van der Waals surface area (Å²) in [6, 6.07) is 11.5. The highest BCUT2D eigenvalue weighted by Crippen LogP contribution is 2.48. The van der Waals surface area contributed by atoms with Gasteiger partial charge in [0, 0.05) is 62.5 Å². The molecule has 308 valence electrons. The molecule has 5 aliphatic rings. The predicted molar refractivity (Wildman–Crippen MR) is 216 cm³/mol. The molecule has 8 rings (SSSR count). The maximum absolute atomic E-state index is 15.1. The van der Waals surface area contributed by atoms with E-state index in [0.717, 1.165) is 55.8 Å². The molecule has 57 heavy (non-hydrogen) atoms. The van der Waals surface area contributed by atoms with Crippen molar-refractivity contribution in [1.29, 1.82) is 0 Å². The number of nitrogens with zero attached hydrogens (tertiary/aromatic N) is 4. The molecule has 1 unspecified atom stereocenters. The predicted octanol–water partition coefficient (Wildman–Crippen LogP) is 6.36. The zero-order valence-electron chi connectivity index (χ0n) is 33.4. The fourth-order valence-electron chi connectivity index (χ4n) is 10.1. The van der Waals surface area contributed by atoms with Gasteiger partial charge in [0.05, 0.1) is 37.4 Å². The Kier molecular flexibility index (Phi) is 11.4. The minimum atomic E-state index is -3.75. The maximum Gasteiger partial charge on any atom is 0.286 e. The first-order valence-corrected chi connectivity index (χ1v) is 22.3. The van der Waals surface area contributed by atoms with Crippen LogP contribution in [0.5, 0.6) is 11.6 Å². The van der Waals surface area contributed by atoms with E-state index < -0.39 is 28.0 Å². The van der Waals surface area contributed by atoms with E-state index in [1.165, 1.54) is 29.1 Å². The lowest BCUT2D eigenvalue weighted by molar-refractivity contribution is -0.140. The molecule has 2 aromatic carbocycles. The van der Waals surface area contributed by atoms with Crippen molar-refractivity contribution in [3.8, 4) is 11.6 Å². The Hall–Kier alpha value is -3.69. The topological polar surface area (TPSA) is 143 Å². The molecule has 2 amide bonds. The number of halogens is 1. The van der Waals surface area contributed by atoms with Crippen LogP contribution >= 0.6 is 11.6 Å². The lowest BCUT2D eigenvalue weighted by atomic mass is 9.67. The van der Waals surface area contributed by atoms with Crippen molar-refractivity contribution in [2.75, 3.05) is 51.2 Å². The summed E-state index contributed by atoms with van der Waals surface area (Å²) in [5, 5.41) is 4.92. The van der Waals surface area contributed by atoms with Crippen molar-refractivity contribution in [2.24, 2.45) is 35.1 Å². The molecule has 4 heterocycles. The van der Waals surface area contributed by atoms with Gasteiger partial charge in [0.1, 0.15) is 21.2 Å². The summed E-state index contributed by atoms with van der Waals surface area (Å²) in [5.74, 6) is -0.507. The number of rotatable bonds is 6. The summed E-state index contributed by atoms with van der Waals surface area (Å²) < 4.78 is 54.5. The average molecular weight is 824 g/mol. The van der Waals surface area contributed by atoms with E-state index in [1.807, 2.05) is 32.0 Å². The number of ether oxygens (including phenoxy) is 5. The number of benzene rings is 2. The molecule has 9 atom stereocenters. The molecule has 1 aromatic heterocycles. The third-order valence-corrected chi connectivity index (χ3v) is 15.1. The van der Waals surface area contributed by atoms with Crippen molar-refractivity contribution < 1.29 is 37.5 Å². The Morgan fingerprint density at radius 2 is 1.98 bits per heavy atom. The Labute approximate surface area is 340 Å². The van der Waals surface area contributed by atoms with Gasteiger partial charge < -0.3 is 28.6 Å². The molecule has 3 aromatic rings. The van der Waals surface area contributed by atoms with Crippen LogP contribution < -0.4 is 19.1 Å². The summed E-state index contributed by atoms with van der Waals surface area (Å²) >= 11 is 6.50. The number of aromatic nitrogens is 2. The lowest BCUT2D eigenvalue weighted by Crippen LogP contribution is -2.50. The Morgan fingerprint density at radius 1 is 1.14 bits per heavy atom. The van der Waals surface area contributed by atoms with Gasteiger partial charge in [-0.25, -0.2) is 4.21 Å². The smallest absolute Gasteiger partial charge is 0.286 e. The molecule has 1 saturated heterocycles. The molecule has 3 aliphatic heterocycles. The van der Waals surface area contributed by atoms with Crippen LogP contribution in [0.2, 0.25) is 5.02 Å². The Bertz CT molecular complexity index is 2140. The first kappa shape index (κ1) is 40.1. The van der Waals surface area contributed by atoms with Crippen LogP contribution in [-0.2, 0) is 43.0 Å². The minimum Gasteiger partial charge on any atom is -0.490 e. The van der Waals surface area contributed by atoms with Gasteiger partial charge in [-0.3, -0.25) is 19.0 Å². The van der Waals surface area contributed by atoms with Gasteiger partial charge in [-0.2, -0.15) is 0 Å². The van der Waals surface area contributed by atoms with Crippen molar-refractivity contribution >= 4 is 39.0 Å². The van der Waals surface area contributed by atoms with Gasteiger partial charge in [-0.1, -0.05) is 24.6 Å². The minimum absolute atomic E-state index is 0.0175. The monoisotopic (exact) mass is 823 g/mol. The molecule has 0 radical (unpaired) electrons. The van der Waals surface area contributed by atoms with Gasteiger partial charge in [-0.15, -0.1) is 9.46 Å². The number of methoxy groups -OCH3 is 2. The number of carbonyl (C=O) groups excluding carboxylic acids is 2. The molecule has 1 spiro atoms. The Balaban J connectivity index is 1.22. The van der Waals surface area contributed by atoms with Gasteiger partial charge in [0.15, 0.2) is 6.29 Å². The van der Waals surface area contributed by atoms with Crippen LogP contribution in [-0.4, -0.2) is 90.6 Å². The number of aryl methyl sites for hydroxylation is 2. The van der Waals surface area contributed by atoms with Crippen LogP contribution in [0.4, 0.5) is 5.69 Å². The van der Waals surface area contributed by atoms with E-state index in [2.05, 4.69) is 31.2 Å². The molecule has 2 bridgehead atoms. The third kappa shape index (κ3) is 7.92. The third-order valence-electron chi connectivity index (χ3n) is 12.9. The number of amides is 2. The van der Waals surface area contributed by atoms with Crippen LogP contribution in [0.3, 0.4) is 0 Å².